The molecular formula is C26H31N7O3. The van der Waals surface area contributed by atoms with E-state index in [1.54, 1.807) is 9.42 Å². The Morgan fingerprint density at radius 2 is 2.03 bits per heavy atom. The minimum Gasteiger partial charge on any atom is -0.450 e. The number of carbonyl (C=O) groups excluding carboxylic acids is 2. The van der Waals surface area contributed by atoms with Crippen LogP contribution in [0, 0.1) is 0 Å². The summed E-state index contributed by atoms with van der Waals surface area (Å²) in [6, 6.07) is 11.6. The van der Waals surface area contributed by atoms with E-state index in [4.69, 9.17) is 9.72 Å². The van der Waals surface area contributed by atoms with Crippen LogP contribution in [0.4, 0.5) is 16.4 Å². The van der Waals surface area contributed by atoms with Gasteiger partial charge in [0.1, 0.15) is 0 Å². The minimum absolute atomic E-state index is 0.0494. The third-order valence-electron chi connectivity index (χ3n) is 6.59. The molecule has 2 amide bonds. The number of ether oxygens (including phenoxy) is 1. The number of carbonyl (C=O) groups is 2. The van der Waals surface area contributed by atoms with Crippen LogP contribution in [0.1, 0.15) is 36.2 Å². The van der Waals surface area contributed by atoms with Crippen molar-refractivity contribution in [1.82, 2.24) is 29.7 Å². The van der Waals surface area contributed by atoms with E-state index in [2.05, 4.69) is 22.7 Å². The van der Waals surface area contributed by atoms with Crippen molar-refractivity contribution in [3.05, 3.63) is 59.8 Å². The molecule has 5 rings (SSSR count). The average Bonchev–Trinajstić information content (AvgIpc) is 3.32. The smallest absolute Gasteiger partial charge is 0.410 e. The summed E-state index contributed by atoms with van der Waals surface area (Å²) in [6.07, 6.45) is 4.35. The largest absolute Gasteiger partial charge is 0.450 e. The second-order valence-corrected chi connectivity index (χ2v) is 9.00. The van der Waals surface area contributed by atoms with Gasteiger partial charge in [-0.25, -0.2) is 9.31 Å². The highest BCUT2D eigenvalue weighted by atomic mass is 16.6. The predicted octanol–water partition coefficient (Wildman–Crippen LogP) is 3.15. The number of anilines is 2. The van der Waals surface area contributed by atoms with Crippen molar-refractivity contribution in [3.63, 3.8) is 0 Å². The van der Waals surface area contributed by atoms with Crippen molar-refractivity contribution < 1.29 is 14.3 Å². The number of nitrogens with zero attached hydrogens (tertiary/aromatic N) is 5. The Balaban J connectivity index is 1.30. The van der Waals surface area contributed by atoms with Gasteiger partial charge in [0.15, 0.2) is 5.65 Å². The first-order chi connectivity index (χ1) is 17.5. The number of amides is 2. The summed E-state index contributed by atoms with van der Waals surface area (Å²) in [5, 5.41) is 11.1. The van der Waals surface area contributed by atoms with Crippen LogP contribution in [0.25, 0.3) is 11.2 Å². The summed E-state index contributed by atoms with van der Waals surface area (Å²) in [4.78, 5) is 33.2. The summed E-state index contributed by atoms with van der Waals surface area (Å²) in [6.45, 7) is 7.69. The molecule has 1 unspecified atom stereocenters. The molecule has 1 fully saturated rings. The van der Waals surface area contributed by atoms with Crippen LogP contribution in [-0.2, 0) is 4.74 Å². The fourth-order valence-corrected chi connectivity index (χ4v) is 4.64. The van der Waals surface area contributed by atoms with Gasteiger partial charge in [-0.3, -0.25) is 4.79 Å². The second-order valence-electron chi connectivity index (χ2n) is 9.00. The van der Waals surface area contributed by atoms with Crippen molar-refractivity contribution in [2.75, 3.05) is 44.6 Å². The Labute approximate surface area is 209 Å². The summed E-state index contributed by atoms with van der Waals surface area (Å²) < 4.78 is 6.86. The number of benzene rings is 1. The van der Waals surface area contributed by atoms with Gasteiger partial charge >= 0.3 is 6.09 Å². The molecule has 2 aliphatic heterocycles. The maximum atomic E-state index is 12.9. The molecule has 36 heavy (non-hydrogen) atoms. The Kier molecular flexibility index (Phi) is 6.86. The highest BCUT2D eigenvalue weighted by Gasteiger charge is 2.24. The van der Waals surface area contributed by atoms with E-state index >= 15 is 0 Å². The summed E-state index contributed by atoms with van der Waals surface area (Å²) in [5.41, 5.74) is 4.34. The first kappa shape index (κ1) is 23.8. The Bertz CT molecular complexity index is 1280. The van der Waals surface area contributed by atoms with Gasteiger partial charge in [-0.15, -0.1) is 5.10 Å². The van der Waals surface area contributed by atoms with E-state index in [9.17, 15) is 9.59 Å². The highest BCUT2D eigenvalue weighted by Crippen LogP contribution is 2.27. The van der Waals surface area contributed by atoms with E-state index in [-0.39, 0.29) is 18.0 Å². The van der Waals surface area contributed by atoms with Crippen molar-refractivity contribution in [2.45, 2.75) is 26.3 Å². The molecule has 10 nitrogen and oxygen atoms in total. The molecular weight excluding hydrogens is 458 g/mol. The van der Waals surface area contributed by atoms with E-state index in [0.717, 1.165) is 42.0 Å². The Hall–Kier alpha value is -3.92. The molecule has 2 aromatic heterocycles. The molecule has 0 aliphatic carbocycles. The standard InChI is InChI=1S/C26H31N7O3/c1-3-36-26(35)31-14-10-19(11-15-31)22-5-4-13-33-23(22)29-25(30-33)28-21-8-6-20(7-9-21)24(34)32-16-12-27-17-18(32)2/h4-10,13,18,27H,3,11-12,14-17H2,1-2H3,(H,28,30). The zero-order valence-corrected chi connectivity index (χ0v) is 20.6. The highest BCUT2D eigenvalue weighted by molar-refractivity contribution is 5.95. The van der Waals surface area contributed by atoms with Gasteiger partial charge in [-0.1, -0.05) is 6.08 Å². The van der Waals surface area contributed by atoms with Gasteiger partial charge in [0.2, 0.25) is 5.95 Å². The van der Waals surface area contributed by atoms with Crippen LogP contribution < -0.4 is 10.6 Å². The van der Waals surface area contributed by atoms with E-state index in [1.165, 1.54) is 0 Å². The fourth-order valence-electron chi connectivity index (χ4n) is 4.64. The van der Waals surface area contributed by atoms with Crippen LogP contribution in [0.2, 0.25) is 0 Å². The number of aromatic nitrogens is 3. The predicted molar refractivity (Wildman–Crippen MR) is 137 cm³/mol. The quantitative estimate of drug-likeness (QED) is 0.567. The second kappa shape index (κ2) is 10.4. The van der Waals surface area contributed by atoms with Crippen LogP contribution in [-0.4, -0.2) is 81.8 Å². The van der Waals surface area contributed by atoms with Gasteiger partial charge < -0.3 is 25.2 Å². The Morgan fingerprint density at radius 1 is 1.19 bits per heavy atom. The lowest BCUT2D eigenvalue weighted by Crippen LogP contribution is -2.52. The van der Waals surface area contributed by atoms with Crippen molar-refractivity contribution >= 4 is 34.9 Å². The minimum atomic E-state index is -0.282. The fraction of sp³-hybridized carbons (Fsp3) is 0.385. The van der Waals surface area contributed by atoms with E-state index in [1.807, 2.05) is 60.5 Å². The van der Waals surface area contributed by atoms with Crippen LogP contribution in [0.15, 0.2) is 48.7 Å². The first-order valence-corrected chi connectivity index (χ1v) is 12.4. The summed E-state index contributed by atoms with van der Waals surface area (Å²) in [7, 11) is 0. The van der Waals surface area contributed by atoms with Crippen molar-refractivity contribution in [3.8, 4) is 0 Å². The summed E-state index contributed by atoms with van der Waals surface area (Å²) >= 11 is 0. The number of hydrogen-bond acceptors (Lipinski definition) is 7. The molecule has 1 aromatic carbocycles. The first-order valence-electron chi connectivity index (χ1n) is 12.4. The van der Waals surface area contributed by atoms with E-state index < -0.39 is 0 Å². The molecule has 3 aromatic rings. The maximum absolute atomic E-state index is 12.9. The SMILES string of the molecule is CCOC(=O)N1CC=C(c2cccn3nc(Nc4ccc(C(=O)N5CCNCC5C)cc4)nc23)CC1. The van der Waals surface area contributed by atoms with Crippen molar-refractivity contribution in [1.29, 1.82) is 0 Å². The molecule has 188 valence electrons. The van der Waals surface area contributed by atoms with Gasteiger partial charge in [0.05, 0.1) is 6.61 Å². The molecule has 10 heteroatoms. The van der Waals surface area contributed by atoms with E-state index in [0.29, 0.717) is 37.8 Å². The average molecular weight is 490 g/mol. The van der Waals surface area contributed by atoms with Gasteiger partial charge in [0, 0.05) is 61.8 Å². The zero-order valence-electron chi connectivity index (χ0n) is 20.6. The normalized spacial score (nSPS) is 18.2. The lowest BCUT2D eigenvalue weighted by atomic mass is 10.0. The van der Waals surface area contributed by atoms with Crippen LogP contribution >= 0.6 is 0 Å². The molecule has 2 N–H and O–H groups in total. The molecule has 4 heterocycles. The molecule has 0 radical (unpaired) electrons. The summed E-state index contributed by atoms with van der Waals surface area (Å²) in [5.74, 6) is 0.523. The maximum Gasteiger partial charge on any atom is 0.410 e. The van der Waals surface area contributed by atoms with Gasteiger partial charge in [-0.05, 0) is 62.2 Å². The number of rotatable bonds is 5. The lowest BCUT2D eigenvalue weighted by molar-refractivity contribution is 0.0655. The van der Waals surface area contributed by atoms with Gasteiger partial charge in [-0.2, -0.15) is 4.98 Å². The number of fused-ring (bicyclic) bond motifs is 1. The third-order valence-corrected chi connectivity index (χ3v) is 6.59. The Morgan fingerprint density at radius 3 is 2.75 bits per heavy atom. The number of pyridine rings is 1. The topological polar surface area (TPSA) is 104 Å². The number of nitrogens with one attached hydrogen (secondary N) is 2. The van der Waals surface area contributed by atoms with Crippen LogP contribution in [0.5, 0.6) is 0 Å². The van der Waals surface area contributed by atoms with Crippen LogP contribution in [0.3, 0.4) is 0 Å². The molecule has 2 aliphatic rings. The molecule has 1 saturated heterocycles. The third kappa shape index (κ3) is 4.90. The van der Waals surface area contributed by atoms with Gasteiger partial charge in [0.25, 0.3) is 5.91 Å². The monoisotopic (exact) mass is 489 g/mol. The van der Waals surface area contributed by atoms with Crippen molar-refractivity contribution in [2.24, 2.45) is 0 Å². The number of hydrogen-bond donors (Lipinski definition) is 2. The molecule has 0 saturated carbocycles. The zero-order chi connectivity index (χ0) is 25.1. The number of piperazine rings is 1. The molecule has 0 bridgehead atoms. The lowest BCUT2D eigenvalue weighted by Gasteiger charge is -2.34. The molecule has 1 atom stereocenters. The molecule has 0 spiro atoms.